The summed E-state index contributed by atoms with van der Waals surface area (Å²) < 4.78 is 4.68. The van der Waals surface area contributed by atoms with Crippen molar-refractivity contribution in [2.75, 3.05) is 6.54 Å². The first-order valence-electron chi connectivity index (χ1n) is 4.37. The van der Waals surface area contributed by atoms with Crippen molar-refractivity contribution in [3.05, 3.63) is 22.4 Å². The lowest BCUT2D eigenvalue weighted by Crippen LogP contribution is -2.27. The molecule has 80 valence electrons. The normalized spacial score (nSPS) is 20.4. The van der Waals surface area contributed by atoms with Crippen molar-refractivity contribution in [1.29, 1.82) is 0 Å². The van der Waals surface area contributed by atoms with Gasteiger partial charge in [0.05, 0.1) is 13.1 Å². The highest BCUT2D eigenvalue weighted by atomic mass is 32.1. The summed E-state index contributed by atoms with van der Waals surface area (Å²) in [5.41, 5.74) is 0. The molecule has 15 heavy (non-hydrogen) atoms. The molecule has 2 heterocycles. The second-order valence-corrected chi connectivity index (χ2v) is 4.20. The van der Waals surface area contributed by atoms with E-state index < -0.39 is 18.2 Å². The summed E-state index contributed by atoms with van der Waals surface area (Å²) >= 11 is 1.52. The summed E-state index contributed by atoms with van der Waals surface area (Å²) in [6.45, 7) is 0.534. The maximum atomic E-state index is 11.3. The second kappa shape index (κ2) is 3.90. The maximum Gasteiger partial charge on any atom is 0.411 e. The molecular weight excluding hydrogens is 218 g/mol. The molecule has 1 aliphatic rings. The first-order chi connectivity index (χ1) is 7.16. The third-order valence-corrected chi connectivity index (χ3v) is 2.95. The van der Waals surface area contributed by atoms with E-state index in [0.29, 0.717) is 6.54 Å². The quantitative estimate of drug-likeness (QED) is 0.841. The minimum atomic E-state index is -1.10. The summed E-state index contributed by atoms with van der Waals surface area (Å²) in [6.07, 6.45) is -1.59. The molecule has 5 nitrogen and oxygen atoms in total. The van der Waals surface area contributed by atoms with Gasteiger partial charge in [0.2, 0.25) is 6.10 Å². The molecule has 1 atom stereocenters. The number of carboxylic acids is 1. The average Bonchev–Trinajstić information content (AvgIpc) is 2.77. The van der Waals surface area contributed by atoms with Crippen LogP contribution in [0.1, 0.15) is 4.88 Å². The van der Waals surface area contributed by atoms with E-state index in [0.717, 1.165) is 4.88 Å². The fourth-order valence-corrected chi connectivity index (χ4v) is 2.08. The minimum absolute atomic E-state index is 0.117. The van der Waals surface area contributed by atoms with Gasteiger partial charge < -0.3 is 9.84 Å². The largest absolute Gasteiger partial charge is 0.478 e. The highest BCUT2D eigenvalue weighted by molar-refractivity contribution is 7.09. The van der Waals surface area contributed by atoms with Crippen LogP contribution in [0.3, 0.4) is 0 Å². The number of carboxylic acid groups (broad SMARTS) is 1. The third kappa shape index (κ3) is 2.10. The molecule has 1 amide bonds. The van der Waals surface area contributed by atoms with Gasteiger partial charge in [0.1, 0.15) is 0 Å². The lowest BCUT2D eigenvalue weighted by Gasteiger charge is -2.10. The van der Waals surface area contributed by atoms with Crippen LogP contribution in [0.4, 0.5) is 4.79 Å². The number of cyclic esters (lactones) is 1. The molecule has 0 aromatic carbocycles. The molecule has 6 heteroatoms. The van der Waals surface area contributed by atoms with Gasteiger partial charge in [-0.25, -0.2) is 9.59 Å². The molecule has 0 unspecified atom stereocenters. The van der Waals surface area contributed by atoms with Gasteiger partial charge in [-0.1, -0.05) is 6.07 Å². The summed E-state index contributed by atoms with van der Waals surface area (Å²) in [5, 5.41) is 10.6. The van der Waals surface area contributed by atoms with Gasteiger partial charge in [0, 0.05) is 4.88 Å². The molecule has 1 fully saturated rings. The Hall–Kier alpha value is -1.56. The number of amides is 1. The topological polar surface area (TPSA) is 66.8 Å². The van der Waals surface area contributed by atoms with Crippen LogP contribution >= 0.6 is 11.3 Å². The molecule has 0 aliphatic carbocycles. The Morgan fingerprint density at radius 3 is 3.07 bits per heavy atom. The van der Waals surface area contributed by atoms with Crippen LogP contribution in [0, 0.1) is 0 Å². The molecule has 1 saturated heterocycles. The number of carbonyl (C=O) groups is 2. The monoisotopic (exact) mass is 227 g/mol. The first kappa shape index (κ1) is 9.97. The van der Waals surface area contributed by atoms with Gasteiger partial charge in [0.15, 0.2) is 0 Å². The number of ether oxygens (including phenoxy) is 1. The molecule has 0 radical (unpaired) electrons. The molecule has 0 spiro atoms. The van der Waals surface area contributed by atoms with Gasteiger partial charge >= 0.3 is 12.1 Å². The fraction of sp³-hybridized carbons (Fsp3) is 0.333. The Morgan fingerprint density at radius 2 is 2.53 bits per heavy atom. The molecule has 1 aromatic rings. The summed E-state index contributed by atoms with van der Waals surface area (Å²) in [6, 6.07) is 3.78. The van der Waals surface area contributed by atoms with E-state index in [1.165, 1.54) is 16.2 Å². The summed E-state index contributed by atoms with van der Waals surface area (Å²) in [7, 11) is 0. The van der Waals surface area contributed by atoms with Crippen molar-refractivity contribution >= 4 is 23.4 Å². The highest BCUT2D eigenvalue weighted by Gasteiger charge is 2.35. The van der Waals surface area contributed by atoms with Crippen LogP contribution in [0.15, 0.2) is 17.5 Å². The summed E-state index contributed by atoms with van der Waals surface area (Å²) in [5.74, 6) is -1.10. The highest BCUT2D eigenvalue weighted by Crippen LogP contribution is 2.17. The number of carbonyl (C=O) groups excluding carboxylic acids is 1. The fourth-order valence-electron chi connectivity index (χ4n) is 1.36. The van der Waals surface area contributed by atoms with E-state index in [1.54, 1.807) is 0 Å². The van der Waals surface area contributed by atoms with Crippen LogP contribution < -0.4 is 0 Å². The number of nitrogens with zero attached hydrogens (tertiary/aromatic N) is 1. The number of rotatable bonds is 3. The molecule has 0 saturated carbocycles. The van der Waals surface area contributed by atoms with Gasteiger partial charge in [0.25, 0.3) is 0 Å². The van der Waals surface area contributed by atoms with Crippen LogP contribution in [0.25, 0.3) is 0 Å². The van der Waals surface area contributed by atoms with Crippen LogP contribution in [-0.2, 0) is 16.1 Å². The van der Waals surface area contributed by atoms with Crippen LogP contribution in [0.2, 0.25) is 0 Å². The van der Waals surface area contributed by atoms with Crippen molar-refractivity contribution in [3.63, 3.8) is 0 Å². The predicted octanol–water partition coefficient (Wildman–Crippen LogP) is 1.15. The Bertz CT molecular complexity index is 375. The van der Waals surface area contributed by atoms with E-state index >= 15 is 0 Å². The standard InChI is InChI=1S/C9H9NO4S/c11-8(12)7-5-10(9(13)14-7)4-6-2-1-3-15-6/h1-3,7H,4-5H2,(H,11,12)/t7-/m1/s1. The van der Waals surface area contributed by atoms with Gasteiger partial charge in [-0.3, -0.25) is 4.90 Å². The molecular formula is C9H9NO4S. The van der Waals surface area contributed by atoms with Crippen molar-refractivity contribution in [1.82, 2.24) is 4.90 Å². The zero-order chi connectivity index (χ0) is 10.8. The van der Waals surface area contributed by atoms with E-state index in [-0.39, 0.29) is 6.54 Å². The number of thiophene rings is 1. The van der Waals surface area contributed by atoms with E-state index in [2.05, 4.69) is 4.74 Å². The number of hydrogen-bond acceptors (Lipinski definition) is 4. The smallest absolute Gasteiger partial charge is 0.411 e. The van der Waals surface area contributed by atoms with Crippen molar-refractivity contribution in [2.45, 2.75) is 12.6 Å². The Labute approximate surface area is 89.9 Å². The van der Waals surface area contributed by atoms with Crippen molar-refractivity contribution < 1.29 is 19.4 Å². The van der Waals surface area contributed by atoms with E-state index in [1.807, 2.05) is 17.5 Å². The van der Waals surface area contributed by atoms with E-state index in [9.17, 15) is 9.59 Å². The minimum Gasteiger partial charge on any atom is -0.478 e. The first-order valence-corrected chi connectivity index (χ1v) is 5.25. The van der Waals surface area contributed by atoms with E-state index in [4.69, 9.17) is 5.11 Å². The van der Waals surface area contributed by atoms with Crippen LogP contribution in [0.5, 0.6) is 0 Å². The predicted molar refractivity (Wildman–Crippen MR) is 52.6 cm³/mol. The Balaban J connectivity index is 2.00. The maximum absolute atomic E-state index is 11.3. The SMILES string of the molecule is O=C(O)[C@H]1CN(Cc2cccs2)C(=O)O1. The number of hydrogen-bond donors (Lipinski definition) is 1. The van der Waals surface area contributed by atoms with Crippen molar-refractivity contribution in [3.8, 4) is 0 Å². The zero-order valence-electron chi connectivity index (χ0n) is 7.75. The Morgan fingerprint density at radius 1 is 1.73 bits per heavy atom. The lowest BCUT2D eigenvalue weighted by atomic mass is 10.3. The summed E-state index contributed by atoms with van der Waals surface area (Å²) in [4.78, 5) is 24.3. The number of aliphatic carboxylic acids is 1. The Kier molecular flexibility index (Phi) is 2.59. The van der Waals surface area contributed by atoms with Crippen LogP contribution in [-0.4, -0.2) is 34.7 Å². The molecule has 1 N–H and O–H groups in total. The second-order valence-electron chi connectivity index (χ2n) is 3.17. The molecule has 0 bridgehead atoms. The zero-order valence-corrected chi connectivity index (χ0v) is 8.57. The average molecular weight is 227 g/mol. The molecule has 1 aliphatic heterocycles. The van der Waals surface area contributed by atoms with Crippen molar-refractivity contribution in [2.24, 2.45) is 0 Å². The van der Waals surface area contributed by atoms with Gasteiger partial charge in [-0.05, 0) is 11.4 Å². The molecule has 2 rings (SSSR count). The molecule has 1 aromatic heterocycles. The lowest BCUT2D eigenvalue weighted by molar-refractivity contribution is -0.144. The van der Waals surface area contributed by atoms with Gasteiger partial charge in [-0.2, -0.15) is 0 Å². The third-order valence-electron chi connectivity index (χ3n) is 2.09. The van der Waals surface area contributed by atoms with Gasteiger partial charge in [-0.15, -0.1) is 11.3 Å².